The van der Waals surface area contributed by atoms with Crippen LogP contribution in [0.25, 0.3) is 0 Å². The molecule has 100 valence electrons. The average Bonchev–Trinajstić information content (AvgIpc) is 2.95. The fourth-order valence-electron chi connectivity index (χ4n) is 2.75. The van der Waals surface area contributed by atoms with Gasteiger partial charge in [-0.25, -0.2) is 0 Å². The highest BCUT2D eigenvalue weighted by molar-refractivity contribution is 7.10. The third-order valence-electron chi connectivity index (χ3n) is 3.74. The quantitative estimate of drug-likeness (QED) is 0.934. The molecule has 0 amide bonds. The minimum absolute atomic E-state index is 0.105. The first-order valence-corrected chi connectivity index (χ1v) is 7.42. The summed E-state index contributed by atoms with van der Waals surface area (Å²) in [5.74, 6) is 0.921. The lowest BCUT2D eigenvalue weighted by Crippen LogP contribution is -2.18. The Morgan fingerprint density at radius 1 is 1.53 bits per heavy atom. The van der Waals surface area contributed by atoms with Gasteiger partial charge in [0.25, 0.3) is 0 Å². The highest BCUT2D eigenvalue weighted by Crippen LogP contribution is 2.41. The Balaban J connectivity index is 1.90. The lowest BCUT2D eigenvalue weighted by molar-refractivity contribution is 0.137. The van der Waals surface area contributed by atoms with E-state index in [1.54, 1.807) is 18.4 Å². The number of aryl methyl sites for hydroxylation is 1. The summed E-state index contributed by atoms with van der Waals surface area (Å²) in [6.07, 6.45) is 4.51. The van der Waals surface area contributed by atoms with E-state index in [2.05, 4.69) is 11.1 Å². The maximum atomic E-state index is 10.6. The molecule has 0 spiro atoms. The number of rotatable bonds is 3. The molecule has 2 atom stereocenters. The van der Waals surface area contributed by atoms with Gasteiger partial charge >= 0.3 is 0 Å². The zero-order chi connectivity index (χ0) is 13.2. The standard InChI is InChI=1S/C15H17NO2S/c1-18-11-8-13(19-9-11)15(17)12-6-2-4-10-5-3-7-16-14(10)12/h3,5,7-9,12,15,17H,2,4,6H2,1H3. The van der Waals surface area contributed by atoms with E-state index < -0.39 is 6.10 Å². The number of ether oxygens (including phenoxy) is 1. The second-order valence-electron chi connectivity index (χ2n) is 4.88. The number of hydrogen-bond acceptors (Lipinski definition) is 4. The molecule has 2 aromatic rings. The zero-order valence-electron chi connectivity index (χ0n) is 10.9. The molecule has 0 aliphatic heterocycles. The molecule has 0 aromatic carbocycles. The van der Waals surface area contributed by atoms with E-state index in [1.807, 2.05) is 23.7 Å². The van der Waals surface area contributed by atoms with Crippen molar-refractivity contribution in [1.82, 2.24) is 4.98 Å². The van der Waals surface area contributed by atoms with Gasteiger partial charge in [0, 0.05) is 28.1 Å². The van der Waals surface area contributed by atoms with Crippen LogP contribution in [0.4, 0.5) is 0 Å². The Bertz CT molecular complexity index is 567. The molecule has 1 aliphatic carbocycles. The molecular formula is C15H17NO2S. The van der Waals surface area contributed by atoms with E-state index in [-0.39, 0.29) is 5.92 Å². The van der Waals surface area contributed by atoms with Gasteiger partial charge in [0.2, 0.25) is 0 Å². The van der Waals surface area contributed by atoms with Crippen molar-refractivity contribution in [3.8, 4) is 5.75 Å². The molecular weight excluding hydrogens is 258 g/mol. The topological polar surface area (TPSA) is 42.4 Å². The van der Waals surface area contributed by atoms with Gasteiger partial charge in [-0.05, 0) is 37.0 Å². The molecule has 2 heterocycles. The Morgan fingerprint density at radius 3 is 3.21 bits per heavy atom. The number of nitrogens with zero attached hydrogens (tertiary/aromatic N) is 1. The highest BCUT2D eigenvalue weighted by Gasteiger charge is 2.29. The van der Waals surface area contributed by atoms with Gasteiger partial charge in [-0.2, -0.15) is 0 Å². The van der Waals surface area contributed by atoms with Crippen molar-refractivity contribution in [2.45, 2.75) is 31.3 Å². The van der Waals surface area contributed by atoms with E-state index in [4.69, 9.17) is 4.74 Å². The molecule has 19 heavy (non-hydrogen) atoms. The van der Waals surface area contributed by atoms with Crippen molar-refractivity contribution < 1.29 is 9.84 Å². The summed E-state index contributed by atoms with van der Waals surface area (Å²) in [5.41, 5.74) is 2.34. The van der Waals surface area contributed by atoms with E-state index >= 15 is 0 Å². The van der Waals surface area contributed by atoms with Crippen LogP contribution in [0.1, 0.15) is 41.0 Å². The number of pyridine rings is 1. The summed E-state index contributed by atoms with van der Waals surface area (Å²) in [6.45, 7) is 0. The first-order valence-electron chi connectivity index (χ1n) is 6.54. The monoisotopic (exact) mass is 275 g/mol. The molecule has 2 unspecified atom stereocenters. The number of hydrogen-bond donors (Lipinski definition) is 1. The second-order valence-corrected chi connectivity index (χ2v) is 5.82. The van der Waals surface area contributed by atoms with E-state index in [9.17, 15) is 5.11 Å². The van der Waals surface area contributed by atoms with Gasteiger partial charge < -0.3 is 9.84 Å². The van der Waals surface area contributed by atoms with Crippen molar-refractivity contribution >= 4 is 11.3 Å². The summed E-state index contributed by atoms with van der Waals surface area (Å²) >= 11 is 1.55. The van der Waals surface area contributed by atoms with Crippen LogP contribution in [0.5, 0.6) is 5.75 Å². The maximum Gasteiger partial charge on any atom is 0.129 e. The Kier molecular flexibility index (Phi) is 3.53. The average molecular weight is 275 g/mol. The van der Waals surface area contributed by atoms with Gasteiger partial charge in [0.05, 0.1) is 13.2 Å². The Labute approximate surface area is 116 Å². The van der Waals surface area contributed by atoms with Crippen molar-refractivity contribution in [3.05, 3.63) is 45.9 Å². The predicted octanol–water partition coefficient (Wildman–Crippen LogP) is 3.31. The van der Waals surface area contributed by atoms with Crippen LogP contribution in [0, 0.1) is 0 Å². The van der Waals surface area contributed by atoms with Crippen LogP contribution in [-0.2, 0) is 6.42 Å². The van der Waals surface area contributed by atoms with Gasteiger partial charge in [0.15, 0.2) is 0 Å². The van der Waals surface area contributed by atoms with E-state index in [0.717, 1.165) is 35.6 Å². The maximum absolute atomic E-state index is 10.6. The summed E-state index contributed by atoms with van der Waals surface area (Å²) in [6, 6.07) is 6.02. The summed E-state index contributed by atoms with van der Waals surface area (Å²) < 4.78 is 5.19. The van der Waals surface area contributed by atoms with E-state index in [1.165, 1.54) is 5.56 Å². The zero-order valence-corrected chi connectivity index (χ0v) is 11.7. The van der Waals surface area contributed by atoms with Gasteiger partial charge in [-0.15, -0.1) is 11.3 Å². The summed E-state index contributed by atoms with van der Waals surface area (Å²) in [5, 5.41) is 12.5. The normalized spacial score (nSPS) is 19.8. The molecule has 4 heteroatoms. The fourth-order valence-corrected chi connectivity index (χ4v) is 3.65. The predicted molar refractivity (Wildman–Crippen MR) is 75.7 cm³/mol. The van der Waals surface area contributed by atoms with E-state index in [0.29, 0.717) is 0 Å². The number of aromatic nitrogens is 1. The van der Waals surface area contributed by atoms with Crippen molar-refractivity contribution in [2.75, 3.05) is 7.11 Å². The SMILES string of the molecule is COc1csc(C(O)C2CCCc3cccnc32)c1. The molecule has 3 rings (SSSR count). The summed E-state index contributed by atoms with van der Waals surface area (Å²) in [7, 11) is 1.65. The first kappa shape index (κ1) is 12.6. The molecule has 0 saturated carbocycles. The molecule has 1 N–H and O–H groups in total. The molecule has 3 nitrogen and oxygen atoms in total. The van der Waals surface area contributed by atoms with Crippen LogP contribution >= 0.6 is 11.3 Å². The molecule has 0 saturated heterocycles. The minimum atomic E-state index is -0.483. The molecule has 2 aromatic heterocycles. The van der Waals surface area contributed by atoms with Gasteiger partial charge in [0.1, 0.15) is 5.75 Å². The van der Waals surface area contributed by atoms with Crippen LogP contribution in [0.15, 0.2) is 29.8 Å². The number of aliphatic hydroxyl groups is 1. The number of methoxy groups -OCH3 is 1. The summed E-state index contributed by atoms with van der Waals surface area (Å²) in [4.78, 5) is 5.45. The van der Waals surface area contributed by atoms with Crippen LogP contribution in [0.2, 0.25) is 0 Å². The Hall–Kier alpha value is -1.39. The van der Waals surface area contributed by atoms with Crippen molar-refractivity contribution in [2.24, 2.45) is 0 Å². The van der Waals surface area contributed by atoms with Gasteiger partial charge in [-0.3, -0.25) is 4.98 Å². The van der Waals surface area contributed by atoms with Crippen LogP contribution in [-0.4, -0.2) is 17.2 Å². The van der Waals surface area contributed by atoms with Crippen molar-refractivity contribution in [3.63, 3.8) is 0 Å². The number of aliphatic hydroxyl groups excluding tert-OH is 1. The van der Waals surface area contributed by atoms with Crippen LogP contribution < -0.4 is 4.74 Å². The second kappa shape index (κ2) is 5.31. The molecule has 0 radical (unpaired) electrons. The minimum Gasteiger partial charge on any atom is -0.496 e. The smallest absolute Gasteiger partial charge is 0.129 e. The number of thiophene rings is 1. The first-order chi connectivity index (χ1) is 9.29. The largest absolute Gasteiger partial charge is 0.496 e. The molecule has 0 bridgehead atoms. The highest BCUT2D eigenvalue weighted by atomic mass is 32.1. The number of fused-ring (bicyclic) bond motifs is 1. The lowest BCUT2D eigenvalue weighted by Gasteiger charge is -2.27. The lowest BCUT2D eigenvalue weighted by atomic mass is 9.83. The van der Waals surface area contributed by atoms with Gasteiger partial charge in [-0.1, -0.05) is 6.07 Å². The fraction of sp³-hybridized carbons (Fsp3) is 0.400. The van der Waals surface area contributed by atoms with Crippen molar-refractivity contribution in [1.29, 1.82) is 0 Å². The molecule has 0 fully saturated rings. The Morgan fingerprint density at radius 2 is 2.42 bits per heavy atom. The molecule has 1 aliphatic rings. The third kappa shape index (κ3) is 2.38. The van der Waals surface area contributed by atoms with Crippen LogP contribution in [0.3, 0.4) is 0 Å². The third-order valence-corrected chi connectivity index (χ3v) is 4.72.